The van der Waals surface area contributed by atoms with Crippen molar-refractivity contribution < 1.29 is 4.79 Å². The fraction of sp³-hybridized carbons (Fsp3) is 0.375. The van der Waals surface area contributed by atoms with Crippen LogP contribution in [0.15, 0.2) is 42.7 Å². The van der Waals surface area contributed by atoms with E-state index in [4.69, 9.17) is 5.73 Å². The smallest absolute Gasteiger partial charge is 0.244 e. The van der Waals surface area contributed by atoms with Crippen molar-refractivity contribution in [2.24, 2.45) is 5.73 Å². The third-order valence-electron chi connectivity index (χ3n) is 3.38. The van der Waals surface area contributed by atoms with Crippen LogP contribution in [-0.2, 0) is 16.9 Å². The van der Waals surface area contributed by atoms with Gasteiger partial charge in [0.05, 0.1) is 12.7 Å². The van der Waals surface area contributed by atoms with E-state index in [0.717, 1.165) is 11.1 Å². The number of carbonyl (C=O) groups is 1. The molecule has 1 aromatic heterocycles. The number of nitrogens with two attached hydrogens (primary N) is 1. The van der Waals surface area contributed by atoms with Crippen LogP contribution in [0.2, 0.25) is 0 Å². The molecule has 5 nitrogen and oxygen atoms in total. The average Bonchev–Trinajstić information content (AvgIpc) is 2.83. The number of hydrogen-bond donors (Lipinski definition) is 2. The molecule has 2 rings (SSSR count). The van der Waals surface area contributed by atoms with Gasteiger partial charge in [0.2, 0.25) is 5.91 Å². The summed E-state index contributed by atoms with van der Waals surface area (Å²) in [5, 5.41) is 7.62. The molecule has 5 heteroatoms. The van der Waals surface area contributed by atoms with Gasteiger partial charge in [-0.3, -0.25) is 14.8 Å². The van der Waals surface area contributed by atoms with Crippen LogP contribution in [-0.4, -0.2) is 21.7 Å². The normalized spacial score (nSPS) is 14.1. The van der Waals surface area contributed by atoms with Crippen molar-refractivity contribution in [3.05, 3.63) is 53.9 Å². The molecule has 1 heterocycles. The monoisotopic (exact) mass is 286 g/mol. The highest BCUT2D eigenvalue weighted by atomic mass is 16.1. The number of primary amides is 1. The number of nitrogens with one attached hydrogen (secondary N) is 1. The van der Waals surface area contributed by atoms with Crippen molar-refractivity contribution in [3.8, 4) is 0 Å². The number of carbonyl (C=O) groups excluding carboxylic acids is 1. The maximum absolute atomic E-state index is 12.3. The SMILES string of the molecule is Cc1cnn(CC(NC(C)C)(C(N)=O)c2ccccc2)c1. The minimum Gasteiger partial charge on any atom is -0.368 e. The summed E-state index contributed by atoms with van der Waals surface area (Å²) in [6.45, 7) is 6.32. The molecule has 0 aliphatic carbocycles. The van der Waals surface area contributed by atoms with Gasteiger partial charge in [-0.1, -0.05) is 30.3 Å². The predicted octanol–water partition coefficient (Wildman–Crippen LogP) is 1.57. The van der Waals surface area contributed by atoms with Gasteiger partial charge in [-0.05, 0) is 31.9 Å². The van der Waals surface area contributed by atoms with E-state index in [1.807, 2.05) is 57.3 Å². The lowest BCUT2D eigenvalue weighted by Crippen LogP contribution is -2.57. The van der Waals surface area contributed by atoms with Crippen LogP contribution in [0.25, 0.3) is 0 Å². The van der Waals surface area contributed by atoms with E-state index < -0.39 is 11.4 Å². The Morgan fingerprint density at radius 1 is 1.38 bits per heavy atom. The molecule has 0 aliphatic heterocycles. The van der Waals surface area contributed by atoms with Crippen LogP contribution in [0.4, 0.5) is 0 Å². The van der Waals surface area contributed by atoms with Crippen molar-refractivity contribution in [3.63, 3.8) is 0 Å². The van der Waals surface area contributed by atoms with Crippen LogP contribution >= 0.6 is 0 Å². The van der Waals surface area contributed by atoms with E-state index in [2.05, 4.69) is 10.4 Å². The second-order valence-corrected chi connectivity index (χ2v) is 5.65. The van der Waals surface area contributed by atoms with Crippen LogP contribution in [0, 0.1) is 6.92 Å². The van der Waals surface area contributed by atoms with Gasteiger partial charge in [0.15, 0.2) is 0 Å². The van der Waals surface area contributed by atoms with Gasteiger partial charge in [0, 0.05) is 12.2 Å². The third-order valence-corrected chi connectivity index (χ3v) is 3.38. The summed E-state index contributed by atoms with van der Waals surface area (Å²) in [7, 11) is 0. The first kappa shape index (κ1) is 15.3. The van der Waals surface area contributed by atoms with Crippen molar-refractivity contribution in [1.29, 1.82) is 0 Å². The molecule has 0 spiro atoms. The van der Waals surface area contributed by atoms with Crippen LogP contribution in [0.5, 0.6) is 0 Å². The van der Waals surface area contributed by atoms with Gasteiger partial charge in [0.25, 0.3) is 0 Å². The van der Waals surface area contributed by atoms with E-state index in [9.17, 15) is 4.79 Å². The van der Waals surface area contributed by atoms with Gasteiger partial charge in [0.1, 0.15) is 5.54 Å². The molecule has 1 atom stereocenters. The molecular formula is C16H22N4O. The van der Waals surface area contributed by atoms with Crippen molar-refractivity contribution >= 4 is 5.91 Å². The van der Waals surface area contributed by atoms with Crippen LogP contribution in [0.3, 0.4) is 0 Å². The number of rotatable bonds is 6. The van der Waals surface area contributed by atoms with Gasteiger partial charge in [-0.2, -0.15) is 5.10 Å². The highest BCUT2D eigenvalue weighted by Crippen LogP contribution is 2.24. The molecule has 3 N–H and O–H groups in total. The number of nitrogens with zero attached hydrogens (tertiary/aromatic N) is 2. The number of hydrogen-bond acceptors (Lipinski definition) is 3. The van der Waals surface area contributed by atoms with E-state index in [1.165, 1.54) is 0 Å². The van der Waals surface area contributed by atoms with Gasteiger partial charge < -0.3 is 5.73 Å². The van der Waals surface area contributed by atoms with Gasteiger partial charge in [-0.15, -0.1) is 0 Å². The van der Waals surface area contributed by atoms with Crippen LogP contribution < -0.4 is 11.1 Å². The fourth-order valence-electron chi connectivity index (χ4n) is 2.52. The van der Waals surface area contributed by atoms with Crippen LogP contribution in [0.1, 0.15) is 25.0 Å². The summed E-state index contributed by atoms with van der Waals surface area (Å²) in [5.41, 5.74) is 6.68. The lowest BCUT2D eigenvalue weighted by Gasteiger charge is -2.34. The Hall–Kier alpha value is -2.14. The number of amides is 1. The summed E-state index contributed by atoms with van der Waals surface area (Å²) >= 11 is 0. The minimum atomic E-state index is -0.978. The Balaban J connectivity index is 2.48. The van der Waals surface area contributed by atoms with Crippen molar-refractivity contribution in [2.75, 3.05) is 0 Å². The van der Waals surface area contributed by atoms with E-state index in [0.29, 0.717) is 6.54 Å². The predicted molar refractivity (Wildman–Crippen MR) is 82.6 cm³/mol. The van der Waals surface area contributed by atoms with E-state index >= 15 is 0 Å². The van der Waals surface area contributed by atoms with Gasteiger partial charge >= 0.3 is 0 Å². The molecule has 0 fully saturated rings. The molecule has 0 saturated heterocycles. The van der Waals surface area contributed by atoms with E-state index in [1.54, 1.807) is 10.9 Å². The maximum Gasteiger partial charge on any atom is 0.244 e. The number of aryl methyl sites for hydroxylation is 1. The highest BCUT2D eigenvalue weighted by Gasteiger charge is 2.39. The Bertz CT molecular complexity index is 606. The zero-order valence-corrected chi connectivity index (χ0v) is 12.7. The molecule has 0 aliphatic rings. The zero-order valence-electron chi connectivity index (χ0n) is 12.7. The lowest BCUT2D eigenvalue weighted by molar-refractivity contribution is -0.126. The summed E-state index contributed by atoms with van der Waals surface area (Å²) in [5.74, 6) is -0.407. The molecular weight excluding hydrogens is 264 g/mol. The first-order chi connectivity index (χ1) is 9.94. The average molecular weight is 286 g/mol. The third kappa shape index (κ3) is 3.31. The first-order valence-corrected chi connectivity index (χ1v) is 7.06. The minimum absolute atomic E-state index is 0.106. The van der Waals surface area contributed by atoms with Gasteiger partial charge in [-0.25, -0.2) is 0 Å². The molecule has 1 amide bonds. The molecule has 0 radical (unpaired) electrons. The molecule has 2 aromatic rings. The molecule has 1 unspecified atom stereocenters. The largest absolute Gasteiger partial charge is 0.368 e. The van der Waals surface area contributed by atoms with Crippen molar-refractivity contribution in [2.45, 2.75) is 38.9 Å². The Morgan fingerprint density at radius 2 is 2.05 bits per heavy atom. The second kappa shape index (κ2) is 6.10. The summed E-state index contributed by atoms with van der Waals surface area (Å²) < 4.78 is 1.75. The summed E-state index contributed by atoms with van der Waals surface area (Å²) in [6.07, 6.45) is 3.68. The molecule has 1 aromatic carbocycles. The molecule has 112 valence electrons. The molecule has 21 heavy (non-hydrogen) atoms. The topological polar surface area (TPSA) is 72.9 Å². The molecule has 0 saturated carbocycles. The number of benzene rings is 1. The lowest BCUT2D eigenvalue weighted by atomic mass is 9.88. The Kier molecular flexibility index (Phi) is 4.43. The van der Waals surface area contributed by atoms with Crippen molar-refractivity contribution in [1.82, 2.24) is 15.1 Å². The van der Waals surface area contributed by atoms with E-state index in [-0.39, 0.29) is 6.04 Å². The fourth-order valence-corrected chi connectivity index (χ4v) is 2.52. The molecule has 0 bridgehead atoms. The quantitative estimate of drug-likeness (QED) is 0.846. The zero-order chi connectivity index (χ0) is 15.5. The highest BCUT2D eigenvalue weighted by molar-refractivity contribution is 5.86. The summed E-state index contributed by atoms with van der Waals surface area (Å²) in [4.78, 5) is 12.3. The first-order valence-electron chi connectivity index (χ1n) is 7.06. The second-order valence-electron chi connectivity index (χ2n) is 5.65. The Morgan fingerprint density at radius 3 is 2.52 bits per heavy atom. The maximum atomic E-state index is 12.3. The standard InChI is InChI=1S/C16H22N4O/c1-12(2)19-16(15(17)21,14-7-5-4-6-8-14)11-20-10-13(3)9-18-20/h4-10,12,19H,11H2,1-3H3,(H2,17,21). The Labute approximate surface area is 125 Å². The summed E-state index contributed by atoms with van der Waals surface area (Å²) in [6, 6.07) is 9.66. The number of aromatic nitrogens is 2.